The molecule has 5 nitrogen and oxygen atoms in total. The maximum atomic E-state index is 4.31. The molecular formula is C15H17N5S. The number of anilines is 2. The highest BCUT2D eigenvalue weighted by Gasteiger charge is 2.03. The minimum absolute atomic E-state index is 0.911. The van der Waals surface area contributed by atoms with Gasteiger partial charge in [0.2, 0.25) is 0 Å². The molecule has 0 atom stereocenters. The van der Waals surface area contributed by atoms with Gasteiger partial charge in [-0.1, -0.05) is 6.07 Å². The molecule has 3 aromatic heterocycles. The van der Waals surface area contributed by atoms with Gasteiger partial charge in [0.15, 0.2) is 0 Å². The molecule has 21 heavy (non-hydrogen) atoms. The Hall–Kier alpha value is -2.21. The van der Waals surface area contributed by atoms with E-state index < -0.39 is 0 Å². The van der Waals surface area contributed by atoms with E-state index in [1.54, 1.807) is 23.9 Å². The van der Waals surface area contributed by atoms with Crippen molar-refractivity contribution in [3.05, 3.63) is 42.2 Å². The first kappa shape index (κ1) is 13.8. The molecule has 0 unspecified atom stereocenters. The summed E-state index contributed by atoms with van der Waals surface area (Å²) >= 11 is 1.67. The van der Waals surface area contributed by atoms with Gasteiger partial charge in [0.1, 0.15) is 18.0 Å². The van der Waals surface area contributed by atoms with Gasteiger partial charge in [-0.25, -0.2) is 15.0 Å². The Morgan fingerprint density at radius 2 is 1.86 bits per heavy atom. The minimum Gasteiger partial charge on any atom is -0.370 e. The number of unbranched alkanes of at least 4 members (excludes halogenated alkanes) is 1. The highest BCUT2D eigenvalue weighted by Crippen LogP contribution is 2.24. The molecule has 0 aliphatic rings. The molecule has 3 rings (SSSR count). The first-order chi connectivity index (χ1) is 10.4. The van der Waals surface area contributed by atoms with Gasteiger partial charge in [-0.2, -0.15) is 0 Å². The molecule has 0 radical (unpaired) electrons. The highest BCUT2D eigenvalue weighted by atomic mass is 32.1. The molecule has 108 valence electrons. The topological polar surface area (TPSA) is 62.7 Å². The lowest BCUT2D eigenvalue weighted by Gasteiger charge is -2.07. The van der Waals surface area contributed by atoms with Gasteiger partial charge in [-0.3, -0.25) is 0 Å². The number of hydrogen-bond acceptors (Lipinski definition) is 6. The molecule has 0 aromatic carbocycles. The second-order valence-electron chi connectivity index (χ2n) is 4.63. The number of thiophene rings is 1. The van der Waals surface area contributed by atoms with Gasteiger partial charge in [0.05, 0.1) is 10.2 Å². The zero-order valence-electron chi connectivity index (χ0n) is 11.6. The van der Waals surface area contributed by atoms with E-state index in [9.17, 15) is 0 Å². The van der Waals surface area contributed by atoms with Crippen molar-refractivity contribution in [3.8, 4) is 0 Å². The maximum Gasteiger partial charge on any atom is 0.147 e. The summed E-state index contributed by atoms with van der Waals surface area (Å²) < 4.78 is 1.13. The standard InChI is InChI=1S/C15H17N5S/c1-2-7-16-13(5-1)17-8-3-4-9-18-15-14-12(6-10-21-14)19-11-20-15/h1-2,5-7,10-11H,3-4,8-9H2,(H,16,17)(H,18,19,20). The maximum absolute atomic E-state index is 4.31. The fourth-order valence-corrected chi connectivity index (χ4v) is 2.87. The Balaban J connectivity index is 1.40. The molecule has 3 heterocycles. The molecule has 2 N–H and O–H groups in total. The molecule has 3 aromatic rings. The number of fused-ring (bicyclic) bond motifs is 1. The fraction of sp³-hybridized carbons (Fsp3) is 0.267. The van der Waals surface area contributed by atoms with E-state index in [0.717, 1.165) is 47.8 Å². The number of aromatic nitrogens is 3. The Kier molecular flexibility index (Phi) is 4.58. The summed E-state index contributed by atoms with van der Waals surface area (Å²) in [7, 11) is 0. The van der Waals surface area contributed by atoms with Gasteiger partial charge in [0.25, 0.3) is 0 Å². The van der Waals surface area contributed by atoms with Crippen LogP contribution >= 0.6 is 11.3 Å². The van der Waals surface area contributed by atoms with Gasteiger partial charge in [-0.15, -0.1) is 11.3 Å². The van der Waals surface area contributed by atoms with E-state index in [2.05, 4.69) is 25.6 Å². The van der Waals surface area contributed by atoms with E-state index in [4.69, 9.17) is 0 Å². The van der Waals surface area contributed by atoms with Crippen molar-refractivity contribution in [2.24, 2.45) is 0 Å². The Bertz CT molecular complexity index is 683. The normalized spacial score (nSPS) is 10.7. The molecule has 0 saturated heterocycles. The summed E-state index contributed by atoms with van der Waals surface area (Å²) in [5.74, 6) is 1.87. The number of hydrogen-bond donors (Lipinski definition) is 2. The lowest BCUT2D eigenvalue weighted by atomic mass is 10.3. The van der Waals surface area contributed by atoms with E-state index in [-0.39, 0.29) is 0 Å². The summed E-state index contributed by atoms with van der Waals surface area (Å²) in [6.07, 6.45) is 5.57. The fourth-order valence-electron chi connectivity index (χ4n) is 2.06. The predicted molar refractivity (Wildman–Crippen MR) is 87.9 cm³/mol. The zero-order chi connectivity index (χ0) is 14.3. The van der Waals surface area contributed by atoms with Crippen molar-refractivity contribution in [2.75, 3.05) is 23.7 Å². The van der Waals surface area contributed by atoms with Crippen molar-refractivity contribution in [1.82, 2.24) is 15.0 Å². The average Bonchev–Trinajstić information content (AvgIpc) is 3.01. The highest BCUT2D eigenvalue weighted by molar-refractivity contribution is 7.17. The summed E-state index contributed by atoms with van der Waals surface area (Å²) in [5, 5.41) is 8.74. The second-order valence-corrected chi connectivity index (χ2v) is 5.55. The molecular weight excluding hydrogens is 282 g/mol. The van der Waals surface area contributed by atoms with Crippen LogP contribution in [-0.2, 0) is 0 Å². The van der Waals surface area contributed by atoms with Crippen LogP contribution in [0.25, 0.3) is 10.2 Å². The molecule has 0 fully saturated rings. The lowest BCUT2D eigenvalue weighted by Crippen LogP contribution is -2.08. The van der Waals surface area contributed by atoms with Crippen LogP contribution in [0.3, 0.4) is 0 Å². The van der Waals surface area contributed by atoms with E-state index in [0.29, 0.717) is 0 Å². The Morgan fingerprint density at radius 1 is 0.952 bits per heavy atom. The Morgan fingerprint density at radius 3 is 2.71 bits per heavy atom. The summed E-state index contributed by atoms with van der Waals surface area (Å²) in [4.78, 5) is 12.8. The number of nitrogens with one attached hydrogen (secondary N) is 2. The molecule has 6 heteroatoms. The molecule has 0 aliphatic heterocycles. The second kappa shape index (κ2) is 6.99. The van der Waals surface area contributed by atoms with Gasteiger partial charge < -0.3 is 10.6 Å². The van der Waals surface area contributed by atoms with Gasteiger partial charge >= 0.3 is 0 Å². The number of rotatable bonds is 7. The van der Waals surface area contributed by atoms with E-state index in [1.807, 2.05) is 29.6 Å². The molecule has 0 bridgehead atoms. The smallest absolute Gasteiger partial charge is 0.147 e. The quantitative estimate of drug-likeness (QED) is 0.655. The van der Waals surface area contributed by atoms with Crippen LogP contribution in [0.2, 0.25) is 0 Å². The number of pyridine rings is 1. The third-order valence-corrected chi connectivity index (χ3v) is 4.02. The third-order valence-electron chi connectivity index (χ3n) is 3.11. The summed E-state index contributed by atoms with van der Waals surface area (Å²) in [6, 6.07) is 7.90. The van der Waals surface area contributed by atoms with Crippen molar-refractivity contribution in [2.45, 2.75) is 12.8 Å². The summed E-state index contributed by atoms with van der Waals surface area (Å²) in [5.41, 5.74) is 1.01. The van der Waals surface area contributed by atoms with Gasteiger partial charge in [-0.05, 0) is 36.4 Å². The van der Waals surface area contributed by atoms with Crippen LogP contribution in [-0.4, -0.2) is 28.0 Å². The van der Waals surface area contributed by atoms with Crippen LogP contribution in [0.1, 0.15) is 12.8 Å². The molecule has 0 spiro atoms. The zero-order valence-corrected chi connectivity index (χ0v) is 12.4. The molecule has 0 amide bonds. The van der Waals surface area contributed by atoms with Crippen molar-refractivity contribution in [1.29, 1.82) is 0 Å². The van der Waals surface area contributed by atoms with Crippen molar-refractivity contribution >= 4 is 33.2 Å². The van der Waals surface area contributed by atoms with Crippen molar-refractivity contribution in [3.63, 3.8) is 0 Å². The van der Waals surface area contributed by atoms with E-state index in [1.165, 1.54) is 0 Å². The van der Waals surface area contributed by atoms with Crippen LogP contribution in [0.4, 0.5) is 11.6 Å². The molecule has 0 aliphatic carbocycles. The van der Waals surface area contributed by atoms with Crippen molar-refractivity contribution < 1.29 is 0 Å². The molecule has 0 saturated carbocycles. The first-order valence-electron chi connectivity index (χ1n) is 7.00. The minimum atomic E-state index is 0.911. The van der Waals surface area contributed by atoms with Crippen LogP contribution < -0.4 is 10.6 Å². The largest absolute Gasteiger partial charge is 0.370 e. The lowest BCUT2D eigenvalue weighted by molar-refractivity contribution is 0.792. The first-order valence-corrected chi connectivity index (χ1v) is 7.88. The monoisotopic (exact) mass is 299 g/mol. The SMILES string of the molecule is c1ccc(NCCCCNc2ncnc3ccsc23)nc1. The summed E-state index contributed by atoms with van der Waals surface area (Å²) in [6.45, 7) is 1.84. The average molecular weight is 299 g/mol. The Labute approximate surface area is 127 Å². The third kappa shape index (κ3) is 3.66. The van der Waals surface area contributed by atoms with Crippen LogP contribution in [0.15, 0.2) is 42.2 Å². The van der Waals surface area contributed by atoms with Gasteiger partial charge in [0, 0.05) is 19.3 Å². The van der Waals surface area contributed by atoms with E-state index >= 15 is 0 Å². The van der Waals surface area contributed by atoms with Crippen LogP contribution in [0.5, 0.6) is 0 Å². The predicted octanol–water partition coefficient (Wildman–Crippen LogP) is 3.39. The van der Waals surface area contributed by atoms with Crippen LogP contribution in [0, 0.1) is 0 Å². The number of nitrogens with zero attached hydrogens (tertiary/aromatic N) is 3.